The number of hydrogen-bond donors (Lipinski definition) is 0. The highest BCUT2D eigenvalue weighted by molar-refractivity contribution is 5.76. The smallest absolute Gasteiger partial charge is 0.314 e. The predicted octanol–water partition coefficient (Wildman–Crippen LogP) is 7.60. The molecule has 0 bridgehead atoms. The molecule has 0 spiro atoms. The van der Waals surface area contributed by atoms with Crippen LogP contribution in [0.3, 0.4) is 0 Å². The fourth-order valence-corrected chi connectivity index (χ4v) is 5.44. The third kappa shape index (κ3) is 6.28. The second kappa shape index (κ2) is 11.7. The van der Waals surface area contributed by atoms with Crippen molar-refractivity contribution in [2.45, 2.75) is 78.1 Å². The van der Waals surface area contributed by atoms with Crippen molar-refractivity contribution in [1.82, 2.24) is 0 Å². The minimum Gasteiger partial charge on any atom is -0.426 e. The number of esters is 2. The number of ether oxygens (including phenoxy) is 2. The summed E-state index contributed by atoms with van der Waals surface area (Å²) in [6.45, 7) is 4.45. The molecule has 0 aliphatic heterocycles. The molecule has 2 aliphatic rings. The lowest BCUT2D eigenvalue weighted by Gasteiger charge is -2.26. The van der Waals surface area contributed by atoms with Crippen molar-refractivity contribution in [1.29, 1.82) is 0 Å². The summed E-state index contributed by atoms with van der Waals surface area (Å²) in [6.07, 6.45) is 10.7. The molecular formula is C30H38O4. The molecule has 4 heteroatoms. The Balaban J connectivity index is 1.28. The van der Waals surface area contributed by atoms with Crippen LogP contribution in [0.5, 0.6) is 11.5 Å². The van der Waals surface area contributed by atoms with Crippen LogP contribution in [-0.4, -0.2) is 11.9 Å². The first-order valence-corrected chi connectivity index (χ1v) is 13.2. The van der Waals surface area contributed by atoms with Gasteiger partial charge in [0, 0.05) is 0 Å². The molecule has 2 fully saturated rings. The van der Waals surface area contributed by atoms with E-state index in [2.05, 4.69) is 13.8 Å². The summed E-state index contributed by atoms with van der Waals surface area (Å²) in [5.74, 6) is 2.56. The van der Waals surface area contributed by atoms with Gasteiger partial charge in [-0.15, -0.1) is 0 Å². The average molecular weight is 463 g/mol. The van der Waals surface area contributed by atoms with Gasteiger partial charge in [0.15, 0.2) is 0 Å². The first-order valence-electron chi connectivity index (χ1n) is 13.2. The van der Waals surface area contributed by atoms with Gasteiger partial charge in [0.25, 0.3) is 0 Å². The first-order chi connectivity index (χ1) is 16.6. The van der Waals surface area contributed by atoms with Gasteiger partial charge in [-0.25, -0.2) is 0 Å². The SMILES string of the molecule is CCC1CCC(C(=O)Oc2ccc(-c3ccc(OC(=O)C4CCC(CC)CC4)cc3)cc2)CC1. The van der Waals surface area contributed by atoms with Gasteiger partial charge in [-0.2, -0.15) is 0 Å². The van der Waals surface area contributed by atoms with Crippen molar-refractivity contribution in [2.75, 3.05) is 0 Å². The van der Waals surface area contributed by atoms with Gasteiger partial charge in [0.2, 0.25) is 0 Å². The van der Waals surface area contributed by atoms with Crippen LogP contribution in [0.15, 0.2) is 48.5 Å². The van der Waals surface area contributed by atoms with Gasteiger partial charge in [-0.3, -0.25) is 9.59 Å². The Morgan fingerprint density at radius 1 is 0.588 bits per heavy atom. The van der Waals surface area contributed by atoms with E-state index in [1.54, 1.807) is 0 Å². The highest BCUT2D eigenvalue weighted by Crippen LogP contribution is 2.33. The van der Waals surface area contributed by atoms with Crippen LogP contribution in [0.4, 0.5) is 0 Å². The Bertz CT molecular complexity index is 851. The summed E-state index contributed by atoms with van der Waals surface area (Å²) >= 11 is 0. The van der Waals surface area contributed by atoms with E-state index in [1.165, 1.54) is 12.8 Å². The lowest BCUT2D eigenvalue weighted by molar-refractivity contribution is -0.141. The van der Waals surface area contributed by atoms with Crippen molar-refractivity contribution >= 4 is 11.9 Å². The van der Waals surface area contributed by atoms with E-state index in [0.717, 1.165) is 74.3 Å². The van der Waals surface area contributed by atoms with Crippen LogP contribution in [0.1, 0.15) is 78.1 Å². The van der Waals surface area contributed by atoms with Gasteiger partial charge in [0.05, 0.1) is 11.8 Å². The second-order valence-corrected chi connectivity index (χ2v) is 10.1. The number of rotatable bonds is 7. The predicted molar refractivity (Wildman–Crippen MR) is 135 cm³/mol. The summed E-state index contributed by atoms with van der Waals surface area (Å²) < 4.78 is 11.3. The summed E-state index contributed by atoms with van der Waals surface area (Å²) in [6, 6.07) is 15.3. The summed E-state index contributed by atoms with van der Waals surface area (Å²) in [4.78, 5) is 25.1. The van der Waals surface area contributed by atoms with Crippen LogP contribution < -0.4 is 9.47 Å². The van der Waals surface area contributed by atoms with Crippen molar-refractivity contribution in [2.24, 2.45) is 23.7 Å². The van der Waals surface area contributed by atoms with Crippen LogP contribution >= 0.6 is 0 Å². The Kier molecular flexibility index (Phi) is 8.42. The molecule has 0 aromatic heterocycles. The third-order valence-corrected chi connectivity index (χ3v) is 7.99. The minimum atomic E-state index is -0.100. The topological polar surface area (TPSA) is 52.6 Å². The van der Waals surface area contributed by atoms with E-state index < -0.39 is 0 Å². The maximum Gasteiger partial charge on any atom is 0.314 e. The Morgan fingerprint density at radius 3 is 1.21 bits per heavy atom. The van der Waals surface area contributed by atoms with Gasteiger partial charge in [-0.05, 0) is 98.6 Å². The normalized spacial score (nSPS) is 24.9. The lowest BCUT2D eigenvalue weighted by atomic mass is 9.81. The molecule has 2 saturated carbocycles. The average Bonchev–Trinajstić information content (AvgIpc) is 2.89. The second-order valence-electron chi connectivity index (χ2n) is 10.1. The van der Waals surface area contributed by atoms with Crippen LogP contribution in [0.2, 0.25) is 0 Å². The fourth-order valence-electron chi connectivity index (χ4n) is 5.44. The largest absolute Gasteiger partial charge is 0.426 e. The molecule has 182 valence electrons. The number of carbonyl (C=O) groups excluding carboxylic acids is 2. The molecule has 0 radical (unpaired) electrons. The van der Waals surface area contributed by atoms with Gasteiger partial charge in [-0.1, -0.05) is 51.0 Å². The van der Waals surface area contributed by atoms with Gasteiger partial charge in [0.1, 0.15) is 11.5 Å². The molecule has 0 atom stereocenters. The number of carbonyl (C=O) groups is 2. The van der Waals surface area contributed by atoms with E-state index >= 15 is 0 Å². The highest BCUT2D eigenvalue weighted by atomic mass is 16.5. The quantitative estimate of drug-likeness (QED) is 0.314. The first kappa shape index (κ1) is 24.5. The van der Waals surface area contributed by atoms with E-state index in [9.17, 15) is 9.59 Å². The summed E-state index contributed by atoms with van der Waals surface area (Å²) in [7, 11) is 0. The monoisotopic (exact) mass is 462 g/mol. The zero-order valence-electron chi connectivity index (χ0n) is 20.6. The molecular weight excluding hydrogens is 424 g/mol. The van der Waals surface area contributed by atoms with Crippen LogP contribution in [-0.2, 0) is 9.59 Å². The van der Waals surface area contributed by atoms with E-state index in [-0.39, 0.29) is 23.8 Å². The van der Waals surface area contributed by atoms with E-state index in [0.29, 0.717) is 11.5 Å². The maximum absolute atomic E-state index is 12.5. The molecule has 4 rings (SSSR count). The molecule has 0 unspecified atom stereocenters. The van der Waals surface area contributed by atoms with Gasteiger partial charge < -0.3 is 9.47 Å². The lowest BCUT2D eigenvalue weighted by Crippen LogP contribution is -2.25. The zero-order valence-corrected chi connectivity index (χ0v) is 20.6. The Hall–Kier alpha value is -2.62. The maximum atomic E-state index is 12.5. The van der Waals surface area contributed by atoms with Crippen molar-refractivity contribution < 1.29 is 19.1 Å². The fraction of sp³-hybridized carbons (Fsp3) is 0.533. The molecule has 2 aliphatic carbocycles. The van der Waals surface area contributed by atoms with Crippen molar-refractivity contribution in [3.63, 3.8) is 0 Å². The molecule has 2 aromatic rings. The van der Waals surface area contributed by atoms with E-state index in [1.807, 2.05) is 48.5 Å². The standard InChI is InChI=1S/C30H38O4/c1-3-21-5-9-25(10-6-21)29(31)33-27-17-13-23(14-18-27)24-15-19-28(20-16-24)34-30(32)26-11-7-22(4-2)8-12-26/h13-22,25-26H,3-12H2,1-2H3. The Morgan fingerprint density at radius 2 is 0.912 bits per heavy atom. The molecule has 4 nitrogen and oxygen atoms in total. The zero-order chi connectivity index (χ0) is 23.9. The van der Waals surface area contributed by atoms with Crippen LogP contribution in [0, 0.1) is 23.7 Å². The van der Waals surface area contributed by atoms with Crippen molar-refractivity contribution in [3.05, 3.63) is 48.5 Å². The molecule has 0 heterocycles. The van der Waals surface area contributed by atoms with E-state index in [4.69, 9.17) is 9.47 Å². The number of benzene rings is 2. The molecule has 0 saturated heterocycles. The minimum absolute atomic E-state index is 0.0272. The number of hydrogen-bond acceptors (Lipinski definition) is 4. The summed E-state index contributed by atoms with van der Waals surface area (Å²) in [5, 5.41) is 0. The highest BCUT2D eigenvalue weighted by Gasteiger charge is 2.28. The molecule has 34 heavy (non-hydrogen) atoms. The summed E-state index contributed by atoms with van der Waals surface area (Å²) in [5.41, 5.74) is 2.05. The molecule has 2 aromatic carbocycles. The van der Waals surface area contributed by atoms with Crippen LogP contribution in [0.25, 0.3) is 11.1 Å². The van der Waals surface area contributed by atoms with Gasteiger partial charge >= 0.3 is 11.9 Å². The molecule has 0 amide bonds. The third-order valence-electron chi connectivity index (χ3n) is 7.99. The Labute approximate surface area is 204 Å². The molecule has 0 N–H and O–H groups in total. The van der Waals surface area contributed by atoms with Crippen molar-refractivity contribution in [3.8, 4) is 22.6 Å².